The Kier molecular flexibility index (Phi) is 20.9. The molecule has 2 aromatic carbocycles. The lowest BCUT2D eigenvalue weighted by atomic mass is 9.96. The highest BCUT2D eigenvalue weighted by atomic mass is 16.5. The van der Waals surface area contributed by atoms with E-state index in [1.807, 2.05) is 0 Å². The van der Waals surface area contributed by atoms with E-state index in [0.29, 0.717) is 12.4 Å². The molecule has 3 aliphatic rings. The first-order chi connectivity index (χ1) is 34.5. The van der Waals surface area contributed by atoms with Crippen LogP contribution in [0.4, 0.5) is 0 Å². The molecule has 0 radical (unpaired) electrons. The van der Waals surface area contributed by atoms with Gasteiger partial charge in [-0.25, -0.2) is 0 Å². The van der Waals surface area contributed by atoms with E-state index < -0.39 is 152 Å². The Bertz CT molecular complexity index is 2220. The van der Waals surface area contributed by atoms with Gasteiger partial charge < -0.3 is 87.1 Å². The number of benzene rings is 2. The number of amides is 7. The van der Waals surface area contributed by atoms with Crippen LogP contribution in [0.25, 0.3) is 0 Å². The third-order valence-electron chi connectivity index (χ3n) is 13.4. The number of nitrogens with one attached hydrogen (secondary N) is 5. The molecule has 0 saturated carbocycles. The Balaban J connectivity index is 1.51. The van der Waals surface area contributed by atoms with E-state index in [2.05, 4.69) is 33.5 Å². The molecule has 0 aromatic heterocycles. The predicted octanol–water partition coefficient (Wildman–Crippen LogP) is -3.09. The number of rotatable bonds is 15. The van der Waals surface area contributed by atoms with Gasteiger partial charge in [-0.1, -0.05) is 58.1 Å². The largest absolute Gasteiger partial charge is 0.508 e. The number of phenols is 1. The second kappa shape index (κ2) is 26.3. The van der Waals surface area contributed by atoms with Gasteiger partial charge in [0.1, 0.15) is 66.1 Å². The number of hydrogen-bond donors (Lipinski definition) is 14. The fourth-order valence-electron chi connectivity index (χ4n) is 9.04. The number of carbonyl (C=O) groups is 7. The van der Waals surface area contributed by atoms with Crippen molar-refractivity contribution in [1.82, 2.24) is 36.4 Å². The van der Waals surface area contributed by atoms with Crippen molar-refractivity contribution in [2.45, 2.75) is 164 Å². The van der Waals surface area contributed by atoms with Crippen LogP contribution in [-0.4, -0.2) is 196 Å². The SMILES string of the molecule is CCCCCCCCOc1ccc(C(=O)NC2C[C@@H](O)[C@@H](O)NC(=O)C3[C@@H](O)[C@@H](C)CN3C(=O)C(C(C)O)NC(=O)C([C@H](O)[C@@H](O)c3ccc(O)cc3)NC(=O)C3C[C@@H](O)CN3C(=O)C(C(C)O)NC2=O)cc1. The molecule has 3 saturated heterocycles. The Morgan fingerprint density at radius 1 is 0.699 bits per heavy atom. The van der Waals surface area contributed by atoms with E-state index >= 15 is 0 Å². The van der Waals surface area contributed by atoms with E-state index in [1.165, 1.54) is 43.3 Å². The Morgan fingerprint density at radius 3 is 1.89 bits per heavy atom. The third-order valence-corrected chi connectivity index (χ3v) is 13.4. The number of aliphatic hydroxyl groups excluding tert-OH is 8. The van der Waals surface area contributed by atoms with Gasteiger partial charge in [0.05, 0.1) is 31.0 Å². The molecule has 7 amide bonds. The standard InChI is InChI=1S/C49H71N7O17/c1-5-6-7-8-9-10-19-73-31-17-13-28(14-18-31)42(65)50-32-21-34(61)45(68)54-47(70)38-39(62)24(2)22-56(38)49(72)36(26(4)58)52-46(69)37(41(64)40(63)27-11-15-29(59)16-12-27)53-44(67)33-20-30(60)23-55(33)48(71)35(25(3)57)51-43(32)66/h11-18,24-26,30,32-41,45,57-64,68H,5-10,19-23H2,1-4H3,(H,50,65)(H,51,66)(H,52,69)(H,53,67)(H,54,70)/t24-,25?,26?,30+,32?,33?,34+,35?,36?,37?,38?,39-,40-,41-,45+/m0/s1. The molecule has 0 spiro atoms. The topological polar surface area (TPSA) is 377 Å². The van der Waals surface area contributed by atoms with E-state index in [9.17, 15) is 79.5 Å². The van der Waals surface area contributed by atoms with E-state index in [4.69, 9.17) is 4.74 Å². The Hall–Kier alpha value is -5.99. The molecule has 5 rings (SSSR count). The summed E-state index contributed by atoms with van der Waals surface area (Å²) in [5.74, 6) is -8.94. The van der Waals surface area contributed by atoms with Gasteiger partial charge in [-0.15, -0.1) is 0 Å². The first-order valence-corrected chi connectivity index (χ1v) is 24.6. The van der Waals surface area contributed by atoms with E-state index in [0.717, 1.165) is 74.3 Å². The molecule has 73 heavy (non-hydrogen) atoms. The summed E-state index contributed by atoms with van der Waals surface area (Å²) in [6.07, 6.45) is -10.4. The maximum atomic E-state index is 14.4. The summed E-state index contributed by atoms with van der Waals surface area (Å²) in [6, 6.07) is -1.02. The molecule has 3 aliphatic heterocycles. The summed E-state index contributed by atoms with van der Waals surface area (Å²) in [7, 11) is 0. The maximum Gasteiger partial charge on any atom is 0.251 e. The summed E-state index contributed by atoms with van der Waals surface area (Å²) in [6.45, 7) is 5.28. The minimum absolute atomic E-state index is 0.00468. The lowest BCUT2D eigenvalue weighted by Crippen LogP contribution is -2.64. The van der Waals surface area contributed by atoms with Crippen molar-refractivity contribution < 1.29 is 84.3 Å². The van der Waals surface area contributed by atoms with Crippen molar-refractivity contribution in [1.29, 1.82) is 0 Å². The van der Waals surface area contributed by atoms with Crippen molar-refractivity contribution in [2.75, 3.05) is 19.7 Å². The molecule has 3 heterocycles. The molecule has 24 heteroatoms. The van der Waals surface area contributed by atoms with Gasteiger partial charge in [0, 0.05) is 37.4 Å². The predicted molar refractivity (Wildman–Crippen MR) is 256 cm³/mol. The fraction of sp³-hybridized carbons (Fsp3) is 0.612. The number of nitrogens with zero attached hydrogens (tertiary/aromatic N) is 2. The summed E-state index contributed by atoms with van der Waals surface area (Å²) in [5.41, 5.74) is -0.0659. The minimum Gasteiger partial charge on any atom is -0.508 e. The average molecular weight is 1030 g/mol. The Morgan fingerprint density at radius 2 is 1.27 bits per heavy atom. The quantitative estimate of drug-likeness (QED) is 0.0786. The number of aliphatic hydroxyl groups is 8. The normalized spacial score (nSPS) is 29.6. The monoisotopic (exact) mass is 1030 g/mol. The second-order valence-corrected chi connectivity index (χ2v) is 19.2. The van der Waals surface area contributed by atoms with Crippen molar-refractivity contribution in [3.63, 3.8) is 0 Å². The summed E-state index contributed by atoms with van der Waals surface area (Å²) in [4.78, 5) is 101. The lowest BCUT2D eigenvalue weighted by Gasteiger charge is -2.34. The number of aromatic hydroxyl groups is 1. The minimum atomic E-state index is -2.28. The van der Waals surface area contributed by atoms with Crippen LogP contribution in [-0.2, 0) is 28.8 Å². The van der Waals surface area contributed by atoms with Crippen LogP contribution in [0, 0.1) is 5.92 Å². The van der Waals surface area contributed by atoms with Gasteiger partial charge in [0.25, 0.3) is 5.91 Å². The van der Waals surface area contributed by atoms with E-state index in [1.54, 1.807) is 0 Å². The summed E-state index contributed by atoms with van der Waals surface area (Å²) >= 11 is 0. The van der Waals surface area contributed by atoms with Crippen LogP contribution >= 0.6 is 0 Å². The molecular weight excluding hydrogens is 959 g/mol. The highest BCUT2D eigenvalue weighted by Crippen LogP contribution is 2.28. The molecular formula is C49H71N7O17. The highest BCUT2D eigenvalue weighted by molar-refractivity contribution is 6.00. The average Bonchev–Trinajstić information content (AvgIpc) is 3.90. The smallest absolute Gasteiger partial charge is 0.251 e. The molecule has 0 bridgehead atoms. The van der Waals surface area contributed by atoms with Crippen molar-refractivity contribution in [3.8, 4) is 11.5 Å². The summed E-state index contributed by atoms with van der Waals surface area (Å²) < 4.78 is 5.81. The van der Waals surface area contributed by atoms with Crippen molar-refractivity contribution in [3.05, 3.63) is 59.7 Å². The van der Waals surface area contributed by atoms with Crippen LogP contribution in [0.15, 0.2) is 48.5 Å². The first-order valence-electron chi connectivity index (χ1n) is 24.6. The number of unbranched alkanes of at least 4 members (excludes halogenated alkanes) is 5. The molecule has 2 aromatic rings. The number of carbonyl (C=O) groups excluding carboxylic acids is 7. The van der Waals surface area contributed by atoms with Crippen LogP contribution in [0.1, 0.15) is 101 Å². The zero-order valence-corrected chi connectivity index (χ0v) is 41.2. The van der Waals surface area contributed by atoms with Crippen molar-refractivity contribution >= 4 is 41.4 Å². The number of fused-ring (bicyclic) bond motifs is 2. The zero-order chi connectivity index (χ0) is 53.8. The number of phenolic OH excluding ortho intramolecular Hbond substituents is 1. The van der Waals surface area contributed by atoms with Crippen LogP contribution in [0.2, 0.25) is 0 Å². The summed E-state index contributed by atoms with van der Waals surface area (Å²) in [5, 5.41) is 110. The van der Waals surface area contributed by atoms with Gasteiger partial charge in [0.15, 0.2) is 6.23 Å². The van der Waals surface area contributed by atoms with Crippen LogP contribution in [0.3, 0.4) is 0 Å². The number of ether oxygens (including phenoxy) is 1. The highest BCUT2D eigenvalue weighted by Gasteiger charge is 2.50. The van der Waals surface area contributed by atoms with Gasteiger partial charge in [-0.05, 0) is 62.2 Å². The van der Waals surface area contributed by atoms with Crippen LogP contribution < -0.4 is 31.3 Å². The van der Waals surface area contributed by atoms with Crippen molar-refractivity contribution in [2.24, 2.45) is 5.92 Å². The fourth-order valence-corrected chi connectivity index (χ4v) is 9.04. The second-order valence-electron chi connectivity index (χ2n) is 19.2. The molecule has 3 fully saturated rings. The zero-order valence-electron chi connectivity index (χ0n) is 41.2. The molecule has 14 N–H and O–H groups in total. The van der Waals surface area contributed by atoms with Gasteiger partial charge >= 0.3 is 0 Å². The van der Waals surface area contributed by atoms with Gasteiger partial charge in [0.2, 0.25) is 35.4 Å². The van der Waals surface area contributed by atoms with E-state index in [-0.39, 0.29) is 23.4 Å². The maximum absolute atomic E-state index is 14.4. The molecule has 404 valence electrons. The molecule has 8 unspecified atom stereocenters. The first kappa shape index (κ1) is 57.9. The van der Waals surface area contributed by atoms with Gasteiger partial charge in [-0.3, -0.25) is 33.6 Å². The number of hydrogen-bond acceptors (Lipinski definition) is 17. The molecule has 0 aliphatic carbocycles. The third kappa shape index (κ3) is 14.8. The van der Waals surface area contributed by atoms with Crippen LogP contribution in [0.5, 0.6) is 11.5 Å². The molecule has 15 atom stereocenters. The molecule has 24 nitrogen and oxygen atoms in total. The Labute approximate surface area is 422 Å². The van der Waals surface area contributed by atoms with Gasteiger partial charge in [-0.2, -0.15) is 0 Å². The lowest BCUT2D eigenvalue weighted by molar-refractivity contribution is -0.148.